The number of pyridine rings is 1. The third kappa shape index (κ3) is 3.33. The van der Waals surface area contributed by atoms with Crippen LogP contribution in [0.5, 0.6) is 17.2 Å². The van der Waals surface area contributed by atoms with Crippen LogP contribution >= 0.6 is 0 Å². The van der Waals surface area contributed by atoms with Gasteiger partial charge in [-0.2, -0.15) is 5.26 Å². The molecule has 2 heterocycles. The zero-order valence-electron chi connectivity index (χ0n) is 18.9. The number of carbonyl (C=O) groups is 1. The highest BCUT2D eigenvalue weighted by Crippen LogP contribution is 2.47. The molecule has 0 unspecified atom stereocenters. The molecule has 4 aromatic rings. The van der Waals surface area contributed by atoms with Crippen LogP contribution in [0.15, 0.2) is 54.9 Å². The Morgan fingerprint density at radius 2 is 1.82 bits per heavy atom. The van der Waals surface area contributed by atoms with Crippen molar-refractivity contribution in [3.8, 4) is 23.3 Å². The fourth-order valence-corrected chi connectivity index (χ4v) is 4.46. The summed E-state index contributed by atoms with van der Waals surface area (Å²) in [5, 5.41) is 10.1. The molecule has 6 nitrogen and oxygen atoms in total. The van der Waals surface area contributed by atoms with Crippen molar-refractivity contribution in [3.63, 3.8) is 0 Å². The number of nitrogens with zero attached hydrogens (tertiary/aromatic N) is 2. The number of aromatic nitrogens is 2. The summed E-state index contributed by atoms with van der Waals surface area (Å²) < 4.78 is 12.2. The fraction of sp³-hybridized carbons (Fsp3) is 0.222. The van der Waals surface area contributed by atoms with Gasteiger partial charge >= 0.3 is 0 Å². The van der Waals surface area contributed by atoms with Gasteiger partial charge in [-0.15, -0.1) is 0 Å². The van der Waals surface area contributed by atoms with Gasteiger partial charge < -0.3 is 14.5 Å². The second kappa shape index (κ2) is 7.49. The largest absolute Gasteiger partial charge is 0.487 e. The minimum Gasteiger partial charge on any atom is -0.487 e. The lowest BCUT2D eigenvalue weighted by Crippen LogP contribution is -2.30. The third-order valence-corrected chi connectivity index (χ3v) is 6.02. The van der Waals surface area contributed by atoms with E-state index in [4.69, 9.17) is 9.47 Å². The lowest BCUT2D eigenvalue weighted by atomic mass is 9.71. The van der Waals surface area contributed by atoms with E-state index in [1.54, 1.807) is 42.7 Å². The number of benzene rings is 2. The zero-order valence-corrected chi connectivity index (χ0v) is 18.9. The van der Waals surface area contributed by atoms with Crippen LogP contribution in [0.4, 0.5) is 0 Å². The minimum atomic E-state index is -0.503. The monoisotopic (exact) mass is 437 g/mol. The maximum Gasteiger partial charge on any atom is 0.195 e. The van der Waals surface area contributed by atoms with E-state index in [-0.39, 0.29) is 11.9 Å². The number of aromatic amines is 1. The highest BCUT2D eigenvalue weighted by Gasteiger charge is 2.40. The first kappa shape index (κ1) is 20.8. The Balaban J connectivity index is 1.72. The van der Waals surface area contributed by atoms with E-state index in [2.05, 4.69) is 29.9 Å². The molecule has 1 aliphatic rings. The smallest absolute Gasteiger partial charge is 0.195 e. The Kier molecular flexibility index (Phi) is 4.71. The number of nitriles is 1. The molecule has 0 amide bonds. The summed E-state index contributed by atoms with van der Waals surface area (Å²) in [5.74, 6) is 1.62. The molecular formula is C27H23N3O3. The molecule has 33 heavy (non-hydrogen) atoms. The standard InChI is InChI=1S/C27H23N3O3/c1-15(2)32-22-12-19-20(13-23(22)33-17-7-9-29-10-8-17)27(3,4)26-24(25(19)31)18-6-5-16(14-28)11-21(18)30-26/h5-13,15,30H,1-4H3. The topological polar surface area (TPSA) is 88.0 Å². The number of fused-ring (bicyclic) bond motifs is 4. The maximum absolute atomic E-state index is 13.7. The number of H-pyrrole nitrogens is 1. The molecule has 2 aromatic heterocycles. The van der Waals surface area contributed by atoms with Gasteiger partial charge in [-0.1, -0.05) is 19.9 Å². The van der Waals surface area contributed by atoms with Crippen LogP contribution in [0, 0.1) is 11.3 Å². The van der Waals surface area contributed by atoms with Gasteiger partial charge in [0.1, 0.15) is 5.75 Å². The fourth-order valence-electron chi connectivity index (χ4n) is 4.46. The quantitative estimate of drug-likeness (QED) is 0.430. The first-order valence-corrected chi connectivity index (χ1v) is 10.8. The highest BCUT2D eigenvalue weighted by molar-refractivity contribution is 6.20. The van der Waals surface area contributed by atoms with Crippen LogP contribution in [-0.2, 0) is 5.41 Å². The summed E-state index contributed by atoms with van der Waals surface area (Å²) in [4.78, 5) is 21.2. The predicted molar refractivity (Wildman–Crippen MR) is 125 cm³/mol. The Labute approximate surface area is 191 Å². The molecule has 0 atom stereocenters. The maximum atomic E-state index is 13.7. The van der Waals surface area contributed by atoms with Crippen molar-refractivity contribution >= 4 is 16.7 Å². The lowest BCUT2D eigenvalue weighted by Gasteiger charge is -2.33. The van der Waals surface area contributed by atoms with Crippen LogP contribution in [0.3, 0.4) is 0 Å². The molecule has 1 aliphatic carbocycles. The summed E-state index contributed by atoms with van der Waals surface area (Å²) in [6.07, 6.45) is 3.23. The average Bonchev–Trinajstić information content (AvgIpc) is 3.19. The Morgan fingerprint density at radius 1 is 1.06 bits per heavy atom. The molecule has 0 radical (unpaired) electrons. The molecule has 5 rings (SSSR count). The van der Waals surface area contributed by atoms with Crippen molar-refractivity contribution in [2.45, 2.75) is 39.2 Å². The normalized spacial score (nSPS) is 14.0. The van der Waals surface area contributed by atoms with Crippen molar-refractivity contribution in [2.75, 3.05) is 0 Å². The number of hydrogen-bond acceptors (Lipinski definition) is 5. The van der Waals surface area contributed by atoms with Gasteiger partial charge in [-0.3, -0.25) is 9.78 Å². The molecule has 0 fully saturated rings. The molecule has 1 N–H and O–H groups in total. The van der Waals surface area contributed by atoms with Gasteiger partial charge in [0.15, 0.2) is 17.3 Å². The van der Waals surface area contributed by atoms with E-state index in [1.807, 2.05) is 26.0 Å². The SMILES string of the molecule is CC(C)Oc1cc2c(cc1Oc1ccncc1)C(C)(C)c1[nH]c3cc(C#N)ccc3c1C2=O. The molecule has 0 aliphatic heterocycles. The van der Waals surface area contributed by atoms with Crippen LogP contribution in [0.1, 0.15) is 60.4 Å². The molecule has 0 bridgehead atoms. The third-order valence-electron chi connectivity index (χ3n) is 6.02. The number of carbonyl (C=O) groups excluding carboxylic acids is 1. The summed E-state index contributed by atoms with van der Waals surface area (Å²) in [7, 11) is 0. The zero-order chi connectivity index (χ0) is 23.3. The van der Waals surface area contributed by atoms with Crippen molar-refractivity contribution in [3.05, 3.63) is 82.8 Å². The molecule has 0 saturated carbocycles. The summed E-state index contributed by atoms with van der Waals surface area (Å²) in [6.45, 7) is 8.03. The number of ketones is 1. The molecule has 2 aromatic carbocycles. The molecule has 164 valence electrons. The van der Waals surface area contributed by atoms with Crippen LogP contribution in [0.2, 0.25) is 0 Å². The Morgan fingerprint density at radius 3 is 2.52 bits per heavy atom. The minimum absolute atomic E-state index is 0.0700. The average molecular weight is 437 g/mol. The first-order valence-electron chi connectivity index (χ1n) is 10.8. The van der Waals surface area contributed by atoms with E-state index in [1.165, 1.54) is 0 Å². The molecular weight excluding hydrogens is 414 g/mol. The van der Waals surface area contributed by atoms with E-state index >= 15 is 0 Å². The van der Waals surface area contributed by atoms with Gasteiger partial charge in [0, 0.05) is 40.0 Å². The first-order chi connectivity index (χ1) is 15.8. The summed E-state index contributed by atoms with van der Waals surface area (Å²) in [6, 6.07) is 14.8. The molecule has 6 heteroatoms. The van der Waals surface area contributed by atoms with E-state index in [9.17, 15) is 10.1 Å². The molecule has 0 saturated heterocycles. The predicted octanol–water partition coefficient (Wildman–Crippen LogP) is 5.88. The number of rotatable bonds is 4. The van der Waals surface area contributed by atoms with Crippen molar-refractivity contribution in [1.29, 1.82) is 5.26 Å². The molecule has 0 spiro atoms. The van der Waals surface area contributed by atoms with Crippen molar-refractivity contribution in [1.82, 2.24) is 9.97 Å². The number of hydrogen-bond donors (Lipinski definition) is 1. The lowest BCUT2D eigenvalue weighted by molar-refractivity contribution is 0.103. The number of ether oxygens (including phenoxy) is 2. The Bertz CT molecular complexity index is 1440. The van der Waals surface area contributed by atoms with E-state index in [0.29, 0.717) is 33.9 Å². The summed E-state index contributed by atoms with van der Waals surface area (Å²) >= 11 is 0. The number of nitrogens with one attached hydrogen (secondary N) is 1. The van der Waals surface area contributed by atoms with Crippen molar-refractivity contribution in [2.24, 2.45) is 0 Å². The summed E-state index contributed by atoms with van der Waals surface area (Å²) in [5.41, 5.74) is 3.74. The second-order valence-electron chi connectivity index (χ2n) is 9.00. The van der Waals surface area contributed by atoms with Crippen molar-refractivity contribution < 1.29 is 14.3 Å². The van der Waals surface area contributed by atoms with Gasteiger partial charge in [-0.05, 0) is 55.8 Å². The Hall–Kier alpha value is -4.11. The van der Waals surface area contributed by atoms with Crippen LogP contribution < -0.4 is 9.47 Å². The van der Waals surface area contributed by atoms with E-state index < -0.39 is 5.41 Å². The van der Waals surface area contributed by atoms with Gasteiger partial charge in [0.05, 0.1) is 23.3 Å². The second-order valence-corrected chi connectivity index (χ2v) is 9.00. The van der Waals surface area contributed by atoms with Crippen LogP contribution in [-0.4, -0.2) is 21.9 Å². The van der Waals surface area contributed by atoms with Gasteiger partial charge in [0.25, 0.3) is 0 Å². The highest BCUT2D eigenvalue weighted by atomic mass is 16.5. The van der Waals surface area contributed by atoms with Crippen LogP contribution in [0.25, 0.3) is 10.9 Å². The van der Waals surface area contributed by atoms with E-state index in [0.717, 1.165) is 22.2 Å². The van der Waals surface area contributed by atoms with Gasteiger partial charge in [0.2, 0.25) is 0 Å². The van der Waals surface area contributed by atoms with Gasteiger partial charge in [-0.25, -0.2) is 0 Å².